The summed E-state index contributed by atoms with van der Waals surface area (Å²) >= 11 is 0. The molecular formula is C2H7KN4O5. The largest absolute Gasteiger partial charge is 1.00 e. The van der Waals surface area contributed by atoms with E-state index in [2.05, 4.69) is 21.6 Å². The normalized spacial score (nSPS) is 6.00. The minimum absolute atomic E-state index is 0. The summed E-state index contributed by atoms with van der Waals surface area (Å²) in [5.74, 6) is -0.334. The van der Waals surface area contributed by atoms with Gasteiger partial charge in [-0.05, 0) is 5.16 Å². The van der Waals surface area contributed by atoms with Gasteiger partial charge >= 0.3 is 57.5 Å². The molecule has 0 fully saturated rings. The van der Waals surface area contributed by atoms with Gasteiger partial charge in [-0.15, -0.1) is 4.91 Å². The molecule has 0 heterocycles. The van der Waals surface area contributed by atoms with Crippen molar-refractivity contribution >= 4 is 12.1 Å². The van der Waals surface area contributed by atoms with Gasteiger partial charge in [0.15, 0.2) is 5.34 Å². The molecule has 0 rings (SSSR count). The Morgan fingerprint density at radius 2 is 1.75 bits per heavy atom. The van der Waals surface area contributed by atoms with Crippen molar-refractivity contribution in [3.63, 3.8) is 0 Å². The van der Waals surface area contributed by atoms with Crippen LogP contribution in [0.4, 0.5) is 4.79 Å². The van der Waals surface area contributed by atoms with Crippen molar-refractivity contribution < 1.29 is 72.8 Å². The molecule has 12 heavy (non-hydrogen) atoms. The molecule has 0 unspecified atom stereocenters. The van der Waals surface area contributed by atoms with Gasteiger partial charge in [-0.2, -0.15) is 0 Å². The molecule has 0 aromatic heterocycles. The van der Waals surface area contributed by atoms with E-state index >= 15 is 0 Å². The van der Waals surface area contributed by atoms with E-state index in [4.69, 9.17) is 19.9 Å². The molecule has 0 bridgehead atoms. The van der Waals surface area contributed by atoms with Gasteiger partial charge in [0.2, 0.25) is 5.96 Å². The third-order valence-electron chi connectivity index (χ3n) is 0.180. The van der Waals surface area contributed by atoms with Gasteiger partial charge in [0.1, 0.15) is 0 Å². The van der Waals surface area contributed by atoms with Crippen LogP contribution in [-0.2, 0) is 4.94 Å². The minimum atomic E-state index is -1.83. The number of hydrogen-bond acceptors (Lipinski definition) is 5. The molecule has 0 aliphatic rings. The number of guanidine groups is 1. The van der Waals surface area contributed by atoms with Crippen LogP contribution in [0.1, 0.15) is 1.43 Å². The van der Waals surface area contributed by atoms with Crippen LogP contribution < -0.4 is 62.9 Å². The maximum atomic E-state index is 9.02. The van der Waals surface area contributed by atoms with E-state index in [9.17, 15) is 0 Å². The fourth-order valence-electron chi connectivity index (χ4n) is 0.0638. The van der Waals surface area contributed by atoms with Crippen molar-refractivity contribution in [3.05, 3.63) is 4.91 Å². The summed E-state index contributed by atoms with van der Waals surface area (Å²) < 4.78 is 0. The first-order valence-electron chi connectivity index (χ1n) is 2.00. The van der Waals surface area contributed by atoms with E-state index in [1.54, 1.807) is 0 Å². The Morgan fingerprint density at radius 1 is 1.42 bits per heavy atom. The second kappa shape index (κ2) is 13.2. The molecule has 0 aromatic carbocycles. The Balaban J connectivity index is -0.0000000600. The predicted octanol–water partition coefficient (Wildman–Crippen LogP) is -3.79. The SMILES string of the molecule is NC(N)=NON=O.O=C(O)O.[H-].[K+]. The fourth-order valence-corrected chi connectivity index (χ4v) is 0.0638. The number of nitrogens with zero attached hydrogens (tertiary/aromatic N) is 2. The van der Waals surface area contributed by atoms with Crippen molar-refractivity contribution in [1.29, 1.82) is 0 Å². The van der Waals surface area contributed by atoms with Crippen LogP contribution in [0.5, 0.6) is 0 Å². The Hall–Kier alpha value is -0.424. The average molecular weight is 206 g/mol. The van der Waals surface area contributed by atoms with Crippen LogP contribution in [-0.4, -0.2) is 22.3 Å². The molecule has 66 valence electrons. The summed E-state index contributed by atoms with van der Waals surface area (Å²) in [6, 6.07) is 0. The molecule has 0 saturated carbocycles. The van der Waals surface area contributed by atoms with Crippen molar-refractivity contribution in [2.75, 3.05) is 0 Å². The van der Waals surface area contributed by atoms with Crippen LogP contribution in [0, 0.1) is 4.91 Å². The zero-order valence-electron chi connectivity index (χ0n) is 7.17. The molecule has 0 saturated heterocycles. The van der Waals surface area contributed by atoms with Crippen molar-refractivity contribution in [3.8, 4) is 0 Å². The molecular weight excluding hydrogens is 199 g/mol. The summed E-state index contributed by atoms with van der Waals surface area (Å²) in [5, 5.41) is 18.6. The molecule has 0 atom stereocenters. The summed E-state index contributed by atoms with van der Waals surface area (Å²) in [6.45, 7) is 0. The first-order valence-corrected chi connectivity index (χ1v) is 2.00. The van der Waals surface area contributed by atoms with E-state index in [0.29, 0.717) is 0 Å². The number of hydrogen-bond donors (Lipinski definition) is 4. The second-order valence-corrected chi connectivity index (χ2v) is 0.955. The molecule has 0 spiro atoms. The van der Waals surface area contributed by atoms with Gasteiger partial charge in [0.05, 0.1) is 0 Å². The number of oxime groups is 1. The van der Waals surface area contributed by atoms with Gasteiger partial charge in [-0.25, -0.2) is 9.73 Å². The van der Waals surface area contributed by atoms with E-state index in [1.165, 1.54) is 0 Å². The third kappa shape index (κ3) is 55.1. The van der Waals surface area contributed by atoms with Gasteiger partial charge in [0.25, 0.3) is 0 Å². The maximum Gasteiger partial charge on any atom is 1.00 e. The third-order valence-corrected chi connectivity index (χ3v) is 0.180. The zero-order valence-corrected chi connectivity index (χ0v) is 9.29. The van der Waals surface area contributed by atoms with E-state index < -0.39 is 6.16 Å². The van der Waals surface area contributed by atoms with Crippen LogP contribution in [0.3, 0.4) is 0 Å². The standard InChI is InChI=1S/CH4N4O2.CH2O3.K.H/c2-1(3)4-7-5-6;2-1(3)4;;/h(H4,2,3,4);(H2,2,3,4);;/q;;+1;-1. The predicted molar refractivity (Wildman–Crippen MR) is 34.5 cm³/mol. The maximum absolute atomic E-state index is 9.02. The smallest absolute Gasteiger partial charge is 1.00 e. The van der Waals surface area contributed by atoms with E-state index in [-0.39, 0.29) is 58.8 Å². The Labute approximate surface area is 111 Å². The van der Waals surface area contributed by atoms with Crippen molar-refractivity contribution in [1.82, 2.24) is 0 Å². The van der Waals surface area contributed by atoms with Crippen LogP contribution in [0.25, 0.3) is 0 Å². The molecule has 0 aliphatic carbocycles. The topological polar surface area (TPSA) is 161 Å². The van der Waals surface area contributed by atoms with Gasteiger partial charge in [0, 0.05) is 0 Å². The van der Waals surface area contributed by atoms with Crippen molar-refractivity contribution in [2.24, 2.45) is 22.0 Å². The second-order valence-electron chi connectivity index (χ2n) is 0.955. The number of nitrogens with two attached hydrogens (primary N) is 2. The number of carbonyl (C=O) groups is 1. The first kappa shape index (κ1) is 17.6. The minimum Gasteiger partial charge on any atom is -1.00 e. The Kier molecular flexibility index (Phi) is 19.3. The quantitative estimate of drug-likeness (QED) is 0.118. The van der Waals surface area contributed by atoms with Gasteiger partial charge in [-0.1, -0.05) is 0 Å². The average Bonchev–Trinajstić information content (AvgIpc) is 1.82. The van der Waals surface area contributed by atoms with E-state index in [0.717, 1.165) is 0 Å². The first-order chi connectivity index (χ1) is 5.00. The molecule has 10 heteroatoms. The van der Waals surface area contributed by atoms with Crippen LogP contribution in [0.15, 0.2) is 10.5 Å². The Bertz CT molecular complexity index is 157. The van der Waals surface area contributed by atoms with Gasteiger partial charge in [-0.3, -0.25) is 0 Å². The van der Waals surface area contributed by atoms with Crippen molar-refractivity contribution in [2.45, 2.75) is 0 Å². The van der Waals surface area contributed by atoms with Crippen LogP contribution in [0.2, 0.25) is 0 Å². The zero-order chi connectivity index (χ0) is 9.28. The van der Waals surface area contributed by atoms with Gasteiger partial charge < -0.3 is 23.1 Å². The summed E-state index contributed by atoms with van der Waals surface area (Å²) in [6.07, 6.45) is -1.83. The fraction of sp³-hybridized carbons (Fsp3) is 0. The molecule has 0 radical (unpaired) electrons. The number of rotatable bonds is 2. The summed E-state index contributed by atoms with van der Waals surface area (Å²) in [5.41, 5.74) is 9.36. The summed E-state index contributed by atoms with van der Waals surface area (Å²) in [7, 11) is 0. The summed E-state index contributed by atoms with van der Waals surface area (Å²) in [4.78, 5) is 21.1. The molecule has 0 aromatic rings. The van der Waals surface area contributed by atoms with Crippen LogP contribution >= 0.6 is 0 Å². The Morgan fingerprint density at radius 3 is 1.83 bits per heavy atom. The molecule has 0 amide bonds. The molecule has 9 nitrogen and oxygen atoms in total. The number of carboxylic acid groups (broad SMARTS) is 2. The monoisotopic (exact) mass is 206 g/mol. The molecule has 6 N–H and O–H groups in total. The molecule has 0 aliphatic heterocycles. The van der Waals surface area contributed by atoms with E-state index in [1.807, 2.05) is 5.34 Å².